The quantitative estimate of drug-likeness (QED) is 0.804. The van der Waals surface area contributed by atoms with Crippen molar-refractivity contribution < 1.29 is 0 Å². The van der Waals surface area contributed by atoms with Crippen molar-refractivity contribution in [2.45, 2.75) is 40.3 Å². The molecule has 0 aliphatic rings. The molecule has 18 heavy (non-hydrogen) atoms. The Kier molecular flexibility index (Phi) is 6.30. The fourth-order valence-corrected chi connectivity index (χ4v) is 2.35. The molecular weight excluding hydrogens is 222 g/mol. The fraction of sp³-hybridized carbons (Fsp3) is 0.667. The van der Waals surface area contributed by atoms with E-state index in [2.05, 4.69) is 48.1 Å². The van der Waals surface area contributed by atoms with E-state index in [9.17, 15) is 0 Å². The first-order valence-corrected chi connectivity index (χ1v) is 6.89. The molecule has 0 saturated heterocycles. The molecule has 0 bridgehead atoms. The number of nitrogens with one attached hydrogen (secondary N) is 1. The molecule has 1 aromatic heterocycles. The Morgan fingerprint density at radius 2 is 2.06 bits per heavy atom. The number of pyridine rings is 1. The van der Waals surface area contributed by atoms with Gasteiger partial charge in [-0.2, -0.15) is 0 Å². The van der Waals surface area contributed by atoms with E-state index in [0.717, 1.165) is 25.3 Å². The van der Waals surface area contributed by atoms with Gasteiger partial charge >= 0.3 is 0 Å². The summed E-state index contributed by atoms with van der Waals surface area (Å²) < 4.78 is 0. The van der Waals surface area contributed by atoms with Gasteiger partial charge < -0.3 is 5.32 Å². The standard InChI is InChI=1S/C15H27N3/c1-6-18(15(10-16-5)12(2)3)11-14-9-7-8-13(4)17-14/h7-9,12,15-16H,6,10-11H2,1-5H3. The van der Waals surface area contributed by atoms with Gasteiger partial charge in [0.1, 0.15) is 0 Å². The highest BCUT2D eigenvalue weighted by molar-refractivity contribution is 5.10. The predicted octanol–water partition coefficient (Wildman–Crippen LogP) is 2.46. The highest BCUT2D eigenvalue weighted by Gasteiger charge is 2.20. The van der Waals surface area contributed by atoms with Gasteiger partial charge in [0.05, 0.1) is 5.69 Å². The molecule has 3 heteroatoms. The van der Waals surface area contributed by atoms with Gasteiger partial charge in [0, 0.05) is 24.8 Å². The van der Waals surface area contributed by atoms with Crippen molar-refractivity contribution in [3.05, 3.63) is 29.6 Å². The summed E-state index contributed by atoms with van der Waals surface area (Å²) in [4.78, 5) is 7.10. The second-order valence-corrected chi connectivity index (χ2v) is 5.20. The minimum Gasteiger partial charge on any atom is -0.318 e. The number of hydrogen-bond acceptors (Lipinski definition) is 3. The van der Waals surface area contributed by atoms with E-state index in [1.54, 1.807) is 0 Å². The van der Waals surface area contributed by atoms with Crippen LogP contribution < -0.4 is 5.32 Å². The molecule has 0 aromatic carbocycles. The zero-order valence-electron chi connectivity index (χ0n) is 12.4. The molecule has 0 amide bonds. The van der Waals surface area contributed by atoms with Crippen molar-refractivity contribution in [1.82, 2.24) is 15.2 Å². The van der Waals surface area contributed by atoms with Crippen LogP contribution in [0.3, 0.4) is 0 Å². The van der Waals surface area contributed by atoms with Crippen molar-refractivity contribution in [1.29, 1.82) is 0 Å². The maximum absolute atomic E-state index is 4.60. The third kappa shape index (κ3) is 4.39. The van der Waals surface area contributed by atoms with E-state index in [4.69, 9.17) is 0 Å². The molecule has 1 atom stereocenters. The topological polar surface area (TPSA) is 28.2 Å². The van der Waals surface area contributed by atoms with E-state index < -0.39 is 0 Å². The highest BCUT2D eigenvalue weighted by atomic mass is 15.2. The van der Waals surface area contributed by atoms with Crippen LogP contribution in [0.4, 0.5) is 0 Å². The summed E-state index contributed by atoms with van der Waals surface area (Å²) in [6.45, 7) is 11.9. The molecule has 3 nitrogen and oxygen atoms in total. The average Bonchev–Trinajstić information content (AvgIpc) is 2.33. The normalized spacial score (nSPS) is 13.3. The van der Waals surface area contributed by atoms with Crippen molar-refractivity contribution >= 4 is 0 Å². The Morgan fingerprint density at radius 3 is 2.56 bits per heavy atom. The molecule has 1 aromatic rings. The summed E-state index contributed by atoms with van der Waals surface area (Å²) in [6.07, 6.45) is 0. The lowest BCUT2D eigenvalue weighted by Gasteiger charge is -2.33. The van der Waals surface area contributed by atoms with Crippen LogP contribution >= 0.6 is 0 Å². The molecule has 1 unspecified atom stereocenters. The molecule has 0 fully saturated rings. The van der Waals surface area contributed by atoms with Gasteiger partial charge in [0.2, 0.25) is 0 Å². The Morgan fingerprint density at radius 1 is 1.33 bits per heavy atom. The number of likely N-dealkylation sites (N-methyl/N-ethyl adjacent to an activating group) is 2. The van der Waals surface area contributed by atoms with Crippen molar-refractivity contribution in [2.24, 2.45) is 5.92 Å². The Balaban J connectivity index is 2.76. The van der Waals surface area contributed by atoms with Gasteiger partial charge in [0.15, 0.2) is 0 Å². The summed E-state index contributed by atoms with van der Waals surface area (Å²) in [5.74, 6) is 0.641. The third-order valence-corrected chi connectivity index (χ3v) is 3.37. The Bertz CT molecular complexity index is 349. The second-order valence-electron chi connectivity index (χ2n) is 5.20. The number of hydrogen-bond donors (Lipinski definition) is 1. The van der Waals surface area contributed by atoms with Crippen LogP contribution in [-0.4, -0.2) is 36.1 Å². The molecule has 102 valence electrons. The molecule has 0 spiro atoms. The number of aryl methyl sites for hydroxylation is 1. The molecule has 1 rings (SSSR count). The smallest absolute Gasteiger partial charge is 0.0547 e. The predicted molar refractivity (Wildman–Crippen MR) is 77.6 cm³/mol. The fourth-order valence-electron chi connectivity index (χ4n) is 2.35. The molecule has 1 N–H and O–H groups in total. The van der Waals surface area contributed by atoms with Crippen LogP contribution in [0, 0.1) is 12.8 Å². The van der Waals surface area contributed by atoms with Gasteiger partial charge in [-0.15, -0.1) is 0 Å². The number of aromatic nitrogens is 1. The summed E-state index contributed by atoms with van der Waals surface area (Å²) in [7, 11) is 2.02. The van der Waals surface area contributed by atoms with Crippen LogP contribution in [0.25, 0.3) is 0 Å². The first-order valence-electron chi connectivity index (χ1n) is 6.89. The first kappa shape index (κ1) is 15.1. The molecule has 0 aliphatic carbocycles. The average molecular weight is 249 g/mol. The van der Waals surface area contributed by atoms with Gasteiger partial charge in [0.25, 0.3) is 0 Å². The summed E-state index contributed by atoms with van der Waals surface area (Å²) in [6, 6.07) is 6.82. The number of rotatable bonds is 7. The lowest BCUT2D eigenvalue weighted by atomic mass is 10.0. The summed E-state index contributed by atoms with van der Waals surface area (Å²) in [5.41, 5.74) is 2.26. The zero-order valence-corrected chi connectivity index (χ0v) is 12.4. The van der Waals surface area contributed by atoms with Crippen molar-refractivity contribution in [3.8, 4) is 0 Å². The van der Waals surface area contributed by atoms with Gasteiger partial charge in [-0.05, 0) is 38.6 Å². The van der Waals surface area contributed by atoms with Crippen LogP contribution in [-0.2, 0) is 6.54 Å². The minimum atomic E-state index is 0.558. The maximum Gasteiger partial charge on any atom is 0.0547 e. The van der Waals surface area contributed by atoms with E-state index in [-0.39, 0.29) is 0 Å². The van der Waals surface area contributed by atoms with Crippen LogP contribution in [0.5, 0.6) is 0 Å². The number of nitrogens with zero attached hydrogens (tertiary/aromatic N) is 2. The van der Waals surface area contributed by atoms with Crippen molar-refractivity contribution in [2.75, 3.05) is 20.1 Å². The van der Waals surface area contributed by atoms with E-state index >= 15 is 0 Å². The SMILES string of the molecule is CCN(Cc1cccc(C)n1)C(CNC)C(C)C. The monoisotopic (exact) mass is 249 g/mol. The van der Waals surface area contributed by atoms with Crippen LogP contribution in [0.15, 0.2) is 18.2 Å². The Hall–Kier alpha value is -0.930. The molecule has 0 aliphatic heterocycles. The molecule has 0 radical (unpaired) electrons. The third-order valence-electron chi connectivity index (χ3n) is 3.37. The van der Waals surface area contributed by atoms with E-state index in [0.29, 0.717) is 12.0 Å². The molecule has 0 saturated carbocycles. The minimum absolute atomic E-state index is 0.558. The zero-order chi connectivity index (χ0) is 13.5. The largest absolute Gasteiger partial charge is 0.318 e. The van der Waals surface area contributed by atoms with Crippen molar-refractivity contribution in [3.63, 3.8) is 0 Å². The first-order chi connectivity index (χ1) is 8.58. The lowest BCUT2D eigenvalue weighted by Crippen LogP contribution is -2.44. The summed E-state index contributed by atoms with van der Waals surface area (Å²) >= 11 is 0. The van der Waals surface area contributed by atoms with Crippen LogP contribution in [0.2, 0.25) is 0 Å². The Labute approximate surface area is 112 Å². The van der Waals surface area contributed by atoms with E-state index in [1.165, 1.54) is 5.69 Å². The molecular formula is C15H27N3. The highest BCUT2D eigenvalue weighted by Crippen LogP contribution is 2.13. The molecule has 1 heterocycles. The summed E-state index contributed by atoms with van der Waals surface area (Å²) in [5, 5.41) is 3.30. The van der Waals surface area contributed by atoms with Gasteiger partial charge in [-0.1, -0.05) is 26.8 Å². The van der Waals surface area contributed by atoms with Crippen LogP contribution in [0.1, 0.15) is 32.2 Å². The van der Waals surface area contributed by atoms with Gasteiger partial charge in [-0.3, -0.25) is 9.88 Å². The van der Waals surface area contributed by atoms with Gasteiger partial charge in [-0.25, -0.2) is 0 Å². The second kappa shape index (κ2) is 7.49. The van der Waals surface area contributed by atoms with E-state index in [1.807, 2.05) is 20.0 Å². The maximum atomic E-state index is 4.60. The lowest BCUT2D eigenvalue weighted by molar-refractivity contribution is 0.151.